The molecule has 0 unspecified atom stereocenters. The summed E-state index contributed by atoms with van der Waals surface area (Å²) in [6.45, 7) is 0. The maximum absolute atomic E-state index is 7.61. The van der Waals surface area contributed by atoms with Crippen molar-refractivity contribution in [1.29, 1.82) is 0 Å². The molecule has 0 radical (unpaired) electrons. The first-order valence-electron chi connectivity index (χ1n) is 22.9. The Labute approximate surface area is 392 Å². The minimum absolute atomic E-state index is 0.525. The van der Waals surface area contributed by atoms with Crippen LogP contribution in [-0.4, -0.2) is 0 Å². The van der Waals surface area contributed by atoms with E-state index in [-0.39, 0.29) is 0 Å². The Hall–Kier alpha value is -8.31. The molecule has 0 N–H and O–H groups in total. The van der Waals surface area contributed by atoms with Crippen molar-refractivity contribution in [1.82, 2.24) is 0 Å². The fourth-order valence-corrected chi connectivity index (χ4v) is 12.6. The lowest BCUT2D eigenvalue weighted by molar-refractivity contribution is 0.673. The lowest BCUT2D eigenvalue weighted by Crippen LogP contribution is -2.32. The third-order valence-corrected chi connectivity index (χ3v) is 15.2. The van der Waals surface area contributed by atoms with Crippen LogP contribution >= 0.6 is 11.8 Å². The van der Waals surface area contributed by atoms with Crippen molar-refractivity contribution in [2.75, 3.05) is 9.80 Å². The lowest BCUT2D eigenvalue weighted by Gasteiger charge is -2.39. The minimum Gasteiger partial charge on any atom is -0.453 e. The van der Waals surface area contributed by atoms with Gasteiger partial charge >= 0.3 is 0 Å². The highest BCUT2D eigenvalue weighted by Crippen LogP contribution is 2.64. The van der Waals surface area contributed by atoms with Crippen molar-refractivity contribution >= 4 is 89.4 Å². The second kappa shape index (κ2) is 14.9. The van der Waals surface area contributed by atoms with Gasteiger partial charge in [0.05, 0.1) is 27.9 Å². The van der Waals surface area contributed by atoms with Gasteiger partial charge in [0.25, 0.3) is 0 Å². The van der Waals surface area contributed by atoms with Gasteiger partial charge in [0, 0.05) is 48.6 Å². The molecular formula is C63H40N2OS. The Balaban J connectivity index is 1.13. The van der Waals surface area contributed by atoms with Gasteiger partial charge in [-0.25, -0.2) is 0 Å². The second-order valence-electron chi connectivity index (χ2n) is 17.5. The summed E-state index contributed by atoms with van der Waals surface area (Å²) in [6.07, 6.45) is 0. The average Bonchev–Trinajstić information content (AvgIpc) is 3.92. The zero-order chi connectivity index (χ0) is 44.1. The highest BCUT2D eigenvalue weighted by Gasteiger charge is 2.51. The number of fused-ring (bicyclic) bond motifs is 15. The Bertz CT molecular complexity index is 3830. The molecule has 0 bridgehead atoms. The fourth-order valence-electron chi connectivity index (χ4n) is 11.4. The van der Waals surface area contributed by atoms with Crippen LogP contribution in [0.4, 0.5) is 34.1 Å². The molecule has 0 saturated heterocycles. The number of benzene rings is 11. The fraction of sp³-hybridized carbons (Fsp3) is 0.0159. The zero-order valence-corrected chi connectivity index (χ0v) is 37.1. The molecule has 0 atom stereocenters. The molecule has 1 aliphatic heterocycles. The van der Waals surface area contributed by atoms with Gasteiger partial charge in [-0.3, -0.25) is 0 Å². The van der Waals surface area contributed by atoms with Crippen molar-refractivity contribution < 1.29 is 4.42 Å². The predicted molar refractivity (Wildman–Crippen MR) is 280 cm³/mol. The summed E-state index contributed by atoms with van der Waals surface area (Å²) >= 11 is 1.88. The van der Waals surface area contributed by atoms with E-state index in [1.807, 2.05) is 11.8 Å². The molecule has 314 valence electrons. The third-order valence-electron chi connectivity index (χ3n) is 14.0. The number of hydrogen-bond acceptors (Lipinski definition) is 4. The van der Waals surface area contributed by atoms with E-state index in [1.54, 1.807) is 0 Å². The number of hydrogen-bond donors (Lipinski definition) is 0. The van der Waals surface area contributed by atoms with E-state index in [0.717, 1.165) is 77.6 Å². The smallest absolute Gasteiger partial charge is 0.160 e. The standard InChI is InChI=1S/C63H40N2OS/c1-4-23-43(24-5-1)64(44-25-6-2-7-26-44)55-40-42-22-11-13-30-47(42)61-59(55)49-39-41-21-10-12-29-46(41)60(62(49)66-61)65(45-27-8-3-9-28-45)54-36-20-35-53-58(54)48-31-14-15-32-50(48)63(53)51-33-16-18-37-56(51)67-57-38-19-17-34-52(57)63/h1-40H. The van der Waals surface area contributed by atoms with Gasteiger partial charge in [-0.1, -0.05) is 188 Å². The normalized spacial score (nSPS) is 13.1. The van der Waals surface area contributed by atoms with Crippen molar-refractivity contribution in [2.24, 2.45) is 0 Å². The topological polar surface area (TPSA) is 19.6 Å². The molecule has 67 heavy (non-hydrogen) atoms. The van der Waals surface area contributed by atoms with Gasteiger partial charge in [-0.05, 0) is 105 Å². The molecule has 11 aromatic carbocycles. The highest BCUT2D eigenvalue weighted by molar-refractivity contribution is 7.99. The maximum atomic E-state index is 7.61. The van der Waals surface area contributed by atoms with Gasteiger partial charge in [-0.2, -0.15) is 0 Å². The van der Waals surface area contributed by atoms with Crippen molar-refractivity contribution in [3.8, 4) is 11.1 Å². The van der Waals surface area contributed by atoms with Crippen LogP contribution < -0.4 is 9.80 Å². The van der Waals surface area contributed by atoms with Gasteiger partial charge in [-0.15, -0.1) is 0 Å². The summed E-state index contributed by atoms with van der Waals surface area (Å²) in [7, 11) is 0. The van der Waals surface area contributed by atoms with E-state index in [1.165, 1.54) is 43.2 Å². The first-order chi connectivity index (χ1) is 33.3. The SMILES string of the molecule is c1ccc(N(c2cccc3c2-c2ccccc2C32c3ccccc3Sc3ccccc32)c2c3ccccc3cc3c2oc2c4ccccc4cc(N(c4ccccc4)c4ccccc4)c32)cc1. The molecule has 1 aromatic heterocycles. The number of rotatable bonds is 6. The minimum atomic E-state index is -0.525. The molecule has 2 heterocycles. The van der Waals surface area contributed by atoms with E-state index < -0.39 is 5.41 Å². The molecule has 0 fully saturated rings. The third kappa shape index (κ3) is 5.48. The van der Waals surface area contributed by atoms with E-state index in [9.17, 15) is 0 Å². The average molecular weight is 873 g/mol. The van der Waals surface area contributed by atoms with E-state index in [4.69, 9.17) is 4.42 Å². The van der Waals surface area contributed by atoms with Crippen molar-refractivity contribution in [3.63, 3.8) is 0 Å². The van der Waals surface area contributed by atoms with Gasteiger partial charge in [0.15, 0.2) is 5.58 Å². The second-order valence-corrected chi connectivity index (χ2v) is 18.6. The molecule has 1 spiro atoms. The molecule has 14 rings (SSSR count). The van der Waals surface area contributed by atoms with Crippen LogP contribution in [0.15, 0.2) is 257 Å². The summed E-state index contributed by atoms with van der Waals surface area (Å²) in [5.74, 6) is 0. The monoisotopic (exact) mass is 872 g/mol. The largest absolute Gasteiger partial charge is 0.453 e. The zero-order valence-electron chi connectivity index (χ0n) is 36.3. The first kappa shape index (κ1) is 38.0. The summed E-state index contributed by atoms with van der Waals surface area (Å²) < 4.78 is 7.61. The maximum Gasteiger partial charge on any atom is 0.160 e. The molecule has 12 aromatic rings. The van der Waals surface area contributed by atoms with Crippen LogP contribution in [0.25, 0.3) is 54.6 Å². The molecule has 0 saturated carbocycles. The van der Waals surface area contributed by atoms with Crippen LogP contribution in [0.1, 0.15) is 22.3 Å². The van der Waals surface area contributed by atoms with Crippen LogP contribution in [0.2, 0.25) is 0 Å². The van der Waals surface area contributed by atoms with Crippen molar-refractivity contribution in [2.45, 2.75) is 15.2 Å². The van der Waals surface area contributed by atoms with Gasteiger partial charge in [0.1, 0.15) is 5.58 Å². The Kier molecular flexibility index (Phi) is 8.43. The summed E-state index contributed by atoms with van der Waals surface area (Å²) in [4.78, 5) is 7.45. The number of para-hydroxylation sites is 3. The summed E-state index contributed by atoms with van der Waals surface area (Å²) in [6, 6.07) is 88.6. The molecule has 4 heteroatoms. The summed E-state index contributed by atoms with van der Waals surface area (Å²) in [5.41, 5.74) is 15.2. The Morgan fingerprint density at radius 2 is 0.866 bits per heavy atom. The molecule has 3 nitrogen and oxygen atoms in total. The quantitative estimate of drug-likeness (QED) is 0.166. The van der Waals surface area contributed by atoms with Crippen LogP contribution in [0, 0.1) is 0 Å². The molecule has 2 aliphatic rings. The number of anilines is 6. The van der Waals surface area contributed by atoms with Crippen molar-refractivity contribution in [3.05, 3.63) is 265 Å². The highest BCUT2D eigenvalue weighted by atomic mass is 32.2. The van der Waals surface area contributed by atoms with Crippen LogP contribution in [0.3, 0.4) is 0 Å². The van der Waals surface area contributed by atoms with Gasteiger partial charge in [0.2, 0.25) is 0 Å². The molecular weight excluding hydrogens is 833 g/mol. The molecule has 1 aliphatic carbocycles. The Morgan fingerprint density at radius 1 is 0.358 bits per heavy atom. The summed E-state index contributed by atoms with van der Waals surface area (Å²) in [5, 5.41) is 6.55. The van der Waals surface area contributed by atoms with Crippen LogP contribution in [-0.2, 0) is 5.41 Å². The molecule has 0 amide bonds. The van der Waals surface area contributed by atoms with E-state index in [0.29, 0.717) is 0 Å². The number of furan rings is 1. The van der Waals surface area contributed by atoms with Crippen LogP contribution in [0.5, 0.6) is 0 Å². The predicted octanol–water partition coefficient (Wildman–Crippen LogP) is 17.7. The Morgan fingerprint density at radius 3 is 1.52 bits per heavy atom. The van der Waals surface area contributed by atoms with Gasteiger partial charge < -0.3 is 14.2 Å². The first-order valence-corrected chi connectivity index (χ1v) is 23.7. The number of nitrogens with zero attached hydrogens (tertiary/aromatic N) is 2. The van der Waals surface area contributed by atoms with E-state index >= 15 is 0 Å². The lowest BCUT2D eigenvalue weighted by atomic mass is 9.67. The van der Waals surface area contributed by atoms with E-state index in [2.05, 4.69) is 252 Å².